The zero-order chi connectivity index (χ0) is 18.2. The lowest BCUT2D eigenvalue weighted by Crippen LogP contribution is -2.37. The van der Waals surface area contributed by atoms with E-state index in [1.54, 1.807) is 0 Å². The molecule has 136 valence electrons. The molecule has 0 aromatic heterocycles. The van der Waals surface area contributed by atoms with Crippen LogP contribution < -0.4 is 4.72 Å². The van der Waals surface area contributed by atoms with Crippen molar-refractivity contribution in [1.82, 2.24) is 4.72 Å². The van der Waals surface area contributed by atoms with E-state index >= 15 is 0 Å². The summed E-state index contributed by atoms with van der Waals surface area (Å²) in [5.74, 6) is 0.205. The summed E-state index contributed by atoms with van der Waals surface area (Å²) in [6.07, 6.45) is 2.95. The standard InChI is InChI=1S/C14H20ClNO3S.CH2O3/c15-12-6-8-13(9-7-12)20(18,19)16-10-14(17)11-4-2-1-3-5-11;2-1(3)4/h6-9,11,14,16-17H,1-5,10H2;(H2,2,3,4). The first-order valence-electron chi connectivity index (χ1n) is 7.57. The lowest BCUT2D eigenvalue weighted by Gasteiger charge is -2.26. The van der Waals surface area contributed by atoms with Crippen LogP contribution in [-0.2, 0) is 10.0 Å². The summed E-state index contributed by atoms with van der Waals surface area (Å²) in [5.41, 5.74) is 0. The molecule has 1 fully saturated rings. The van der Waals surface area contributed by atoms with Crippen molar-refractivity contribution < 1.29 is 28.5 Å². The monoisotopic (exact) mass is 379 g/mol. The number of aliphatic hydroxyl groups is 1. The molecule has 9 heteroatoms. The van der Waals surface area contributed by atoms with Crippen LogP contribution in [0, 0.1) is 5.92 Å². The van der Waals surface area contributed by atoms with E-state index in [0.29, 0.717) is 5.02 Å². The van der Waals surface area contributed by atoms with Gasteiger partial charge in [0.1, 0.15) is 0 Å². The third-order valence-corrected chi connectivity index (χ3v) is 5.49. The maximum atomic E-state index is 12.1. The molecule has 0 spiro atoms. The molecule has 7 nitrogen and oxygen atoms in total. The fourth-order valence-corrected chi connectivity index (χ4v) is 3.75. The molecule has 0 aliphatic heterocycles. The van der Waals surface area contributed by atoms with E-state index in [9.17, 15) is 13.5 Å². The van der Waals surface area contributed by atoms with Gasteiger partial charge in [-0.3, -0.25) is 0 Å². The van der Waals surface area contributed by atoms with Crippen LogP contribution >= 0.6 is 11.6 Å². The van der Waals surface area contributed by atoms with Gasteiger partial charge in [-0.15, -0.1) is 0 Å². The molecule has 0 heterocycles. The van der Waals surface area contributed by atoms with Crippen molar-refractivity contribution in [3.8, 4) is 0 Å². The largest absolute Gasteiger partial charge is 0.503 e. The first-order chi connectivity index (χ1) is 11.2. The van der Waals surface area contributed by atoms with Gasteiger partial charge in [0.25, 0.3) is 0 Å². The molecule has 1 atom stereocenters. The van der Waals surface area contributed by atoms with Crippen LogP contribution in [0.3, 0.4) is 0 Å². The average molecular weight is 380 g/mol. The predicted octanol–water partition coefficient (Wildman–Crippen LogP) is 2.78. The quantitative estimate of drug-likeness (QED) is 0.623. The number of halogens is 1. The van der Waals surface area contributed by atoms with Crippen molar-refractivity contribution in [3.05, 3.63) is 29.3 Å². The predicted molar refractivity (Wildman–Crippen MR) is 89.9 cm³/mol. The van der Waals surface area contributed by atoms with Crippen LogP contribution in [0.1, 0.15) is 32.1 Å². The molecular formula is C15H22ClNO6S. The second-order valence-corrected chi connectivity index (χ2v) is 7.76. The van der Waals surface area contributed by atoms with Crippen LogP contribution in [-0.4, -0.2) is 42.5 Å². The molecule has 1 aliphatic rings. The molecule has 0 amide bonds. The highest BCUT2D eigenvalue weighted by molar-refractivity contribution is 7.89. The molecule has 1 saturated carbocycles. The van der Waals surface area contributed by atoms with Crippen molar-refractivity contribution in [3.63, 3.8) is 0 Å². The summed E-state index contributed by atoms with van der Waals surface area (Å²) >= 11 is 5.74. The highest BCUT2D eigenvalue weighted by atomic mass is 35.5. The number of hydrogen-bond acceptors (Lipinski definition) is 4. The van der Waals surface area contributed by atoms with Gasteiger partial charge in [0, 0.05) is 11.6 Å². The number of carboxylic acid groups (broad SMARTS) is 2. The normalized spacial score (nSPS) is 16.8. The van der Waals surface area contributed by atoms with E-state index in [4.69, 9.17) is 26.6 Å². The van der Waals surface area contributed by atoms with E-state index in [1.165, 1.54) is 30.7 Å². The van der Waals surface area contributed by atoms with E-state index in [1.807, 2.05) is 0 Å². The third-order valence-electron chi connectivity index (χ3n) is 3.80. The number of aliphatic hydroxyl groups excluding tert-OH is 1. The Bertz CT molecular complexity index is 609. The fourth-order valence-electron chi connectivity index (χ4n) is 2.58. The molecule has 0 bridgehead atoms. The summed E-state index contributed by atoms with van der Waals surface area (Å²) in [5, 5.41) is 24.5. The van der Waals surface area contributed by atoms with Gasteiger partial charge in [0.05, 0.1) is 11.0 Å². The number of hydrogen-bond donors (Lipinski definition) is 4. The summed E-state index contributed by atoms with van der Waals surface area (Å²) in [6, 6.07) is 5.98. The summed E-state index contributed by atoms with van der Waals surface area (Å²) < 4.78 is 26.6. The molecule has 1 aliphatic carbocycles. The van der Waals surface area contributed by atoms with Crippen molar-refractivity contribution in [2.45, 2.75) is 43.1 Å². The van der Waals surface area contributed by atoms with Crippen molar-refractivity contribution in [2.75, 3.05) is 6.54 Å². The van der Waals surface area contributed by atoms with E-state index < -0.39 is 22.3 Å². The van der Waals surface area contributed by atoms with E-state index in [0.717, 1.165) is 25.7 Å². The first-order valence-corrected chi connectivity index (χ1v) is 9.43. The van der Waals surface area contributed by atoms with Gasteiger partial charge >= 0.3 is 6.16 Å². The van der Waals surface area contributed by atoms with Crippen molar-refractivity contribution in [2.24, 2.45) is 5.92 Å². The Morgan fingerprint density at radius 2 is 1.67 bits per heavy atom. The molecule has 0 saturated heterocycles. The topological polar surface area (TPSA) is 124 Å². The Kier molecular flexibility index (Phi) is 8.47. The zero-order valence-corrected chi connectivity index (χ0v) is 14.6. The molecule has 4 N–H and O–H groups in total. The Morgan fingerprint density at radius 3 is 2.17 bits per heavy atom. The molecule has 1 aromatic carbocycles. The van der Waals surface area contributed by atoms with Gasteiger partial charge in [0.2, 0.25) is 10.0 Å². The van der Waals surface area contributed by atoms with Crippen LogP contribution in [0.2, 0.25) is 5.02 Å². The minimum atomic E-state index is -3.58. The number of benzene rings is 1. The van der Waals surface area contributed by atoms with Gasteiger partial charge in [-0.05, 0) is 43.0 Å². The molecule has 1 unspecified atom stereocenters. The third kappa shape index (κ3) is 7.48. The summed E-state index contributed by atoms with van der Waals surface area (Å²) in [6.45, 7) is 0.0651. The van der Waals surface area contributed by atoms with Crippen LogP contribution in [0.25, 0.3) is 0 Å². The highest BCUT2D eigenvalue weighted by Crippen LogP contribution is 2.26. The molecule has 1 aromatic rings. The second kappa shape index (κ2) is 9.83. The molecule has 0 radical (unpaired) electrons. The number of nitrogens with one attached hydrogen (secondary N) is 1. The minimum absolute atomic E-state index is 0.0651. The van der Waals surface area contributed by atoms with Gasteiger partial charge in [-0.2, -0.15) is 0 Å². The van der Waals surface area contributed by atoms with Crippen molar-refractivity contribution >= 4 is 27.8 Å². The fraction of sp³-hybridized carbons (Fsp3) is 0.533. The van der Waals surface area contributed by atoms with Gasteiger partial charge in [0.15, 0.2) is 0 Å². The van der Waals surface area contributed by atoms with Crippen LogP contribution in [0.5, 0.6) is 0 Å². The lowest BCUT2D eigenvalue weighted by molar-refractivity contribution is 0.0888. The average Bonchev–Trinajstić information content (AvgIpc) is 2.53. The van der Waals surface area contributed by atoms with Crippen molar-refractivity contribution in [1.29, 1.82) is 0 Å². The maximum Gasteiger partial charge on any atom is 0.503 e. The van der Waals surface area contributed by atoms with Crippen LogP contribution in [0.4, 0.5) is 4.79 Å². The zero-order valence-electron chi connectivity index (χ0n) is 13.1. The first kappa shape index (κ1) is 20.7. The van der Waals surface area contributed by atoms with Gasteiger partial charge in [-0.25, -0.2) is 17.9 Å². The van der Waals surface area contributed by atoms with Gasteiger partial charge < -0.3 is 15.3 Å². The summed E-state index contributed by atoms with van der Waals surface area (Å²) in [7, 11) is -3.58. The Hall–Kier alpha value is -1.35. The number of rotatable bonds is 5. The smallest absolute Gasteiger partial charge is 0.450 e. The Labute approximate surface area is 146 Å². The molecule has 24 heavy (non-hydrogen) atoms. The maximum absolute atomic E-state index is 12.1. The molecule has 2 rings (SSSR count). The second-order valence-electron chi connectivity index (χ2n) is 5.55. The number of sulfonamides is 1. The van der Waals surface area contributed by atoms with E-state index in [-0.39, 0.29) is 17.4 Å². The highest BCUT2D eigenvalue weighted by Gasteiger charge is 2.23. The SMILES string of the molecule is O=C(O)O.O=S(=O)(NCC(O)C1CCCCC1)c1ccc(Cl)cc1. The van der Waals surface area contributed by atoms with Gasteiger partial charge in [-0.1, -0.05) is 30.9 Å². The van der Waals surface area contributed by atoms with E-state index in [2.05, 4.69) is 4.72 Å². The Balaban J connectivity index is 0.000000648. The lowest BCUT2D eigenvalue weighted by atomic mass is 9.85. The number of carbonyl (C=O) groups is 1. The molecular weight excluding hydrogens is 358 g/mol. The Morgan fingerprint density at radius 1 is 1.17 bits per heavy atom. The summed E-state index contributed by atoms with van der Waals surface area (Å²) in [4.78, 5) is 8.72. The van der Waals surface area contributed by atoms with Crippen LogP contribution in [0.15, 0.2) is 29.2 Å². The minimum Gasteiger partial charge on any atom is -0.450 e.